The van der Waals surface area contributed by atoms with Crippen LogP contribution in [0.3, 0.4) is 0 Å². The van der Waals surface area contributed by atoms with Crippen LogP contribution in [0.1, 0.15) is 0 Å². The molecule has 0 radical (unpaired) electrons. The Balaban J connectivity index is 1.60. The third-order valence-electron chi connectivity index (χ3n) is 5.71. The van der Waals surface area contributed by atoms with Crippen molar-refractivity contribution in [2.45, 2.75) is 14.7 Å². The van der Waals surface area contributed by atoms with Gasteiger partial charge in [-0.15, -0.1) is 0 Å². The van der Waals surface area contributed by atoms with Crippen LogP contribution in [0.15, 0.2) is 99.7 Å². The summed E-state index contributed by atoms with van der Waals surface area (Å²) in [6, 6.07) is 22.8. The molecule has 0 fully saturated rings. The summed E-state index contributed by atoms with van der Waals surface area (Å²) < 4.78 is 39.9. The number of fused-ring (bicyclic) bond motifs is 2. The molecule has 0 aliphatic heterocycles. The maximum atomic E-state index is 13.4. The number of nitrogens with zero attached hydrogens (tertiary/aromatic N) is 1. The molecule has 0 saturated carbocycles. The van der Waals surface area contributed by atoms with Gasteiger partial charge < -0.3 is 14.6 Å². The lowest BCUT2D eigenvalue weighted by molar-refractivity contribution is 0.354. The Kier molecular flexibility index (Phi) is 6.34. The van der Waals surface area contributed by atoms with Crippen molar-refractivity contribution in [1.29, 1.82) is 0 Å². The van der Waals surface area contributed by atoms with E-state index in [9.17, 15) is 13.5 Å². The van der Waals surface area contributed by atoms with Crippen LogP contribution in [0.2, 0.25) is 0 Å². The molecule has 9 heteroatoms. The molecule has 0 amide bonds. The molecule has 0 aliphatic carbocycles. The van der Waals surface area contributed by atoms with Crippen LogP contribution in [0.25, 0.3) is 21.7 Å². The zero-order chi connectivity index (χ0) is 25.3. The number of anilines is 1. The Bertz CT molecular complexity index is 1700. The Morgan fingerprint density at radius 2 is 1.58 bits per heavy atom. The van der Waals surface area contributed by atoms with Gasteiger partial charge in [-0.05, 0) is 30.3 Å². The van der Waals surface area contributed by atoms with Crippen LogP contribution in [0, 0.1) is 0 Å². The number of benzene rings is 4. The van der Waals surface area contributed by atoms with Gasteiger partial charge >= 0.3 is 0 Å². The number of nitrogens with one attached hydrogen (secondary N) is 1. The van der Waals surface area contributed by atoms with E-state index >= 15 is 0 Å². The van der Waals surface area contributed by atoms with E-state index in [-0.39, 0.29) is 10.6 Å². The molecule has 0 bridgehead atoms. The standard InChI is InChI=1S/C27H22N2O5S2/c1-33-22-13-12-18(15-23(22)34-2)36(31,32)29-21-16-25(27(30)20-10-4-3-9-19(20)21)35-24-11-5-7-17-8-6-14-28-26(17)24/h3-16,29-30H,1-2H3. The first-order valence-electron chi connectivity index (χ1n) is 10.9. The fraction of sp³-hybridized carbons (Fsp3) is 0.0741. The van der Waals surface area contributed by atoms with Crippen LogP contribution in [0.5, 0.6) is 17.2 Å². The van der Waals surface area contributed by atoms with Crippen molar-refractivity contribution in [3.63, 3.8) is 0 Å². The molecule has 36 heavy (non-hydrogen) atoms. The molecule has 0 saturated heterocycles. The van der Waals surface area contributed by atoms with Gasteiger partial charge in [-0.3, -0.25) is 9.71 Å². The van der Waals surface area contributed by atoms with E-state index < -0.39 is 10.0 Å². The summed E-state index contributed by atoms with van der Waals surface area (Å²) in [5.41, 5.74) is 1.14. The number of aromatic hydroxyl groups is 1. The lowest BCUT2D eigenvalue weighted by atomic mass is 10.1. The topological polar surface area (TPSA) is 97.8 Å². The van der Waals surface area contributed by atoms with Gasteiger partial charge in [-0.2, -0.15) is 0 Å². The van der Waals surface area contributed by atoms with E-state index in [1.54, 1.807) is 36.5 Å². The average molecular weight is 519 g/mol. The van der Waals surface area contributed by atoms with Crippen LogP contribution >= 0.6 is 11.8 Å². The number of rotatable bonds is 7. The quantitative estimate of drug-likeness (QED) is 0.253. The van der Waals surface area contributed by atoms with E-state index in [0.29, 0.717) is 32.9 Å². The molecule has 1 heterocycles. The second-order valence-corrected chi connectivity index (χ2v) is 10.6. The van der Waals surface area contributed by atoms with Crippen molar-refractivity contribution in [2.24, 2.45) is 0 Å². The minimum absolute atomic E-state index is 0.0183. The third-order valence-corrected chi connectivity index (χ3v) is 8.15. The average Bonchev–Trinajstić information content (AvgIpc) is 2.91. The molecule has 2 N–H and O–H groups in total. The van der Waals surface area contributed by atoms with Gasteiger partial charge in [0.05, 0.1) is 35.2 Å². The largest absolute Gasteiger partial charge is 0.506 e. The highest BCUT2D eigenvalue weighted by atomic mass is 32.2. The molecule has 4 aromatic carbocycles. The second-order valence-electron chi connectivity index (χ2n) is 7.87. The summed E-state index contributed by atoms with van der Waals surface area (Å²) in [6.07, 6.45) is 1.72. The number of para-hydroxylation sites is 1. The Labute approximate surface area is 212 Å². The number of ether oxygens (including phenoxy) is 2. The minimum atomic E-state index is -3.99. The van der Waals surface area contributed by atoms with Crippen LogP contribution < -0.4 is 14.2 Å². The van der Waals surface area contributed by atoms with Crippen LogP contribution in [-0.4, -0.2) is 32.7 Å². The van der Waals surface area contributed by atoms with E-state index in [0.717, 1.165) is 15.8 Å². The third kappa shape index (κ3) is 4.38. The monoisotopic (exact) mass is 518 g/mol. The molecule has 0 spiro atoms. The van der Waals surface area contributed by atoms with E-state index in [1.807, 2.05) is 30.3 Å². The van der Waals surface area contributed by atoms with E-state index in [4.69, 9.17) is 9.47 Å². The Morgan fingerprint density at radius 1 is 0.833 bits per heavy atom. The first kappa shape index (κ1) is 23.8. The maximum absolute atomic E-state index is 13.4. The summed E-state index contributed by atoms with van der Waals surface area (Å²) in [6.45, 7) is 0. The molecular weight excluding hydrogens is 496 g/mol. The molecule has 7 nitrogen and oxygen atoms in total. The highest BCUT2D eigenvalue weighted by molar-refractivity contribution is 7.99. The number of phenols is 1. The van der Waals surface area contributed by atoms with E-state index in [2.05, 4.69) is 9.71 Å². The molecule has 0 unspecified atom stereocenters. The van der Waals surface area contributed by atoms with Gasteiger partial charge in [0, 0.05) is 33.3 Å². The molecule has 5 aromatic rings. The molecule has 1 aromatic heterocycles. The molecule has 182 valence electrons. The lowest BCUT2D eigenvalue weighted by Gasteiger charge is -2.16. The second kappa shape index (κ2) is 9.60. The molecule has 5 rings (SSSR count). The lowest BCUT2D eigenvalue weighted by Crippen LogP contribution is -2.13. The Hall–Kier alpha value is -3.95. The predicted octanol–water partition coefficient (Wildman–Crippen LogP) is 6.06. The fourth-order valence-electron chi connectivity index (χ4n) is 3.96. The minimum Gasteiger partial charge on any atom is -0.506 e. The van der Waals surface area contributed by atoms with Crippen molar-refractivity contribution >= 4 is 49.1 Å². The number of methoxy groups -OCH3 is 2. The number of hydrogen-bond donors (Lipinski definition) is 2. The van der Waals surface area contributed by atoms with Crippen LogP contribution in [0.4, 0.5) is 5.69 Å². The van der Waals surface area contributed by atoms with Gasteiger partial charge in [-0.1, -0.05) is 54.2 Å². The molecule has 0 atom stereocenters. The van der Waals surface area contributed by atoms with E-state index in [1.165, 1.54) is 44.2 Å². The molecular formula is C27H22N2O5S2. The van der Waals surface area contributed by atoms with Gasteiger partial charge in [-0.25, -0.2) is 8.42 Å². The summed E-state index contributed by atoms with van der Waals surface area (Å²) in [5, 5.41) is 13.2. The number of phenolic OH excluding ortho intramolecular Hbond substituents is 1. The summed E-state index contributed by atoms with van der Waals surface area (Å²) in [7, 11) is -1.06. The van der Waals surface area contributed by atoms with Gasteiger partial charge in [0.1, 0.15) is 5.75 Å². The van der Waals surface area contributed by atoms with Gasteiger partial charge in [0.15, 0.2) is 11.5 Å². The SMILES string of the molecule is COc1ccc(S(=O)(=O)Nc2cc(Sc3cccc4cccnc34)c(O)c3ccccc23)cc1OC. The van der Waals surface area contributed by atoms with Gasteiger partial charge in [0.25, 0.3) is 10.0 Å². The van der Waals surface area contributed by atoms with Crippen molar-refractivity contribution in [2.75, 3.05) is 18.9 Å². The summed E-state index contributed by atoms with van der Waals surface area (Å²) >= 11 is 1.32. The predicted molar refractivity (Wildman–Crippen MR) is 142 cm³/mol. The zero-order valence-corrected chi connectivity index (χ0v) is 21.1. The summed E-state index contributed by atoms with van der Waals surface area (Å²) in [4.78, 5) is 5.84. The smallest absolute Gasteiger partial charge is 0.262 e. The molecule has 0 aliphatic rings. The first-order valence-corrected chi connectivity index (χ1v) is 13.2. The highest BCUT2D eigenvalue weighted by Crippen LogP contribution is 2.44. The first-order chi connectivity index (χ1) is 17.4. The van der Waals surface area contributed by atoms with Crippen molar-refractivity contribution < 1.29 is 23.0 Å². The number of aromatic nitrogens is 1. The van der Waals surface area contributed by atoms with Crippen LogP contribution in [-0.2, 0) is 10.0 Å². The van der Waals surface area contributed by atoms with Crippen molar-refractivity contribution in [1.82, 2.24) is 4.98 Å². The number of hydrogen-bond acceptors (Lipinski definition) is 7. The highest BCUT2D eigenvalue weighted by Gasteiger charge is 2.21. The number of sulfonamides is 1. The summed E-state index contributed by atoms with van der Waals surface area (Å²) in [5.74, 6) is 0.794. The zero-order valence-electron chi connectivity index (χ0n) is 19.4. The van der Waals surface area contributed by atoms with Gasteiger partial charge in [0.2, 0.25) is 0 Å². The van der Waals surface area contributed by atoms with Crippen molar-refractivity contribution in [3.05, 3.63) is 85.1 Å². The van der Waals surface area contributed by atoms with Crippen molar-refractivity contribution in [3.8, 4) is 17.2 Å². The Morgan fingerprint density at radius 3 is 2.36 bits per heavy atom. The maximum Gasteiger partial charge on any atom is 0.262 e. The fourth-order valence-corrected chi connectivity index (χ4v) is 6.08. The number of pyridine rings is 1. The normalized spacial score (nSPS) is 11.5.